The number of ether oxygens (including phenoxy) is 2. The molecular formula is C24H24N2O3. The molecule has 0 saturated carbocycles. The fourth-order valence-corrected chi connectivity index (χ4v) is 3.34. The molecule has 0 aliphatic carbocycles. The first-order valence-electron chi connectivity index (χ1n) is 9.69. The Kier molecular flexibility index (Phi) is 5.77. The Balaban J connectivity index is 1.38. The number of carbonyl (C=O) groups is 1. The molecule has 29 heavy (non-hydrogen) atoms. The molecule has 3 aromatic carbocycles. The van der Waals surface area contributed by atoms with Gasteiger partial charge in [0.15, 0.2) is 11.5 Å². The van der Waals surface area contributed by atoms with Crippen LogP contribution in [0.5, 0.6) is 11.5 Å². The quantitative estimate of drug-likeness (QED) is 0.648. The lowest BCUT2D eigenvalue weighted by Gasteiger charge is -2.20. The van der Waals surface area contributed by atoms with Crippen molar-refractivity contribution >= 4 is 5.91 Å². The van der Waals surface area contributed by atoms with Crippen LogP contribution in [0.3, 0.4) is 0 Å². The van der Waals surface area contributed by atoms with Crippen molar-refractivity contribution < 1.29 is 14.3 Å². The molecule has 0 unspecified atom stereocenters. The third-order valence-corrected chi connectivity index (χ3v) is 4.94. The van der Waals surface area contributed by atoms with Gasteiger partial charge in [0.1, 0.15) is 0 Å². The smallest absolute Gasteiger partial charge is 0.234 e. The van der Waals surface area contributed by atoms with E-state index < -0.39 is 0 Å². The van der Waals surface area contributed by atoms with Crippen LogP contribution >= 0.6 is 0 Å². The van der Waals surface area contributed by atoms with E-state index in [4.69, 9.17) is 9.47 Å². The lowest BCUT2D eigenvalue weighted by atomic mass is 9.98. The molecule has 5 heteroatoms. The number of carbonyl (C=O) groups excluding carboxylic acids is 1. The molecule has 1 amide bonds. The topological polar surface area (TPSA) is 59.6 Å². The molecular weight excluding hydrogens is 364 g/mol. The Morgan fingerprint density at radius 2 is 1.66 bits per heavy atom. The maximum Gasteiger partial charge on any atom is 0.234 e. The zero-order valence-electron chi connectivity index (χ0n) is 16.4. The molecule has 0 fully saturated rings. The van der Waals surface area contributed by atoms with Crippen molar-refractivity contribution in [2.75, 3.05) is 13.3 Å². The number of hydrogen-bond acceptors (Lipinski definition) is 4. The van der Waals surface area contributed by atoms with Crippen molar-refractivity contribution in [3.8, 4) is 11.5 Å². The lowest BCUT2D eigenvalue weighted by Crippen LogP contribution is -2.35. The van der Waals surface area contributed by atoms with Gasteiger partial charge in [-0.25, -0.2) is 0 Å². The second kappa shape index (κ2) is 8.80. The SMILES string of the molecule is Cc1ccc([C@@H](NCC(=O)NCc2ccc3c(c2)OCO3)c2ccccc2)cc1. The van der Waals surface area contributed by atoms with Crippen molar-refractivity contribution in [3.63, 3.8) is 0 Å². The minimum Gasteiger partial charge on any atom is -0.454 e. The normalized spacial score (nSPS) is 13.1. The predicted molar refractivity (Wildman–Crippen MR) is 112 cm³/mol. The van der Waals surface area contributed by atoms with E-state index >= 15 is 0 Å². The Morgan fingerprint density at radius 3 is 2.45 bits per heavy atom. The van der Waals surface area contributed by atoms with Crippen LogP contribution in [0.25, 0.3) is 0 Å². The number of hydrogen-bond donors (Lipinski definition) is 2. The van der Waals surface area contributed by atoms with Gasteiger partial charge < -0.3 is 14.8 Å². The van der Waals surface area contributed by atoms with Gasteiger partial charge in [-0.2, -0.15) is 0 Å². The number of benzene rings is 3. The van der Waals surface area contributed by atoms with E-state index in [1.807, 2.05) is 36.4 Å². The number of nitrogens with one attached hydrogen (secondary N) is 2. The number of fused-ring (bicyclic) bond motifs is 1. The van der Waals surface area contributed by atoms with E-state index in [0.717, 1.165) is 28.2 Å². The van der Waals surface area contributed by atoms with Crippen LogP contribution in [0.2, 0.25) is 0 Å². The highest BCUT2D eigenvalue weighted by atomic mass is 16.7. The second-order valence-corrected chi connectivity index (χ2v) is 7.10. The van der Waals surface area contributed by atoms with Crippen molar-refractivity contribution in [1.29, 1.82) is 0 Å². The summed E-state index contributed by atoms with van der Waals surface area (Å²) in [4.78, 5) is 12.4. The number of aryl methyl sites for hydroxylation is 1. The van der Waals surface area contributed by atoms with Crippen LogP contribution in [0.15, 0.2) is 72.8 Å². The van der Waals surface area contributed by atoms with E-state index in [9.17, 15) is 4.79 Å². The number of rotatable bonds is 7. The summed E-state index contributed by atoms with van der Waals surface area (Å²) in [5.41, 5.74) is 4.44. The first-order valence-corrected chi connectivity index (χ1v) is 9.69. The van der Waals surface area contributed by atoms with Gasteiger partial charge in [0.25, 0.3) is 0 Å². The van der Waals surface area contributed by atoms with E-state index in [1.165, 1.54) is 5.56 Å². The molecule has 0 aromatic heterocycles. The molecule has 2 N–H and O–H groups in total. The second-order valence-electron chi connectivity index (χ2n) is 7.10. The van der Waals surface area contributed by atoms with Crippen LogP contribution in [-0.2, 0) is 11.3 Å². The maximum absolute atomic E-state index is 12.4. The average molecular weight is 388 g/mol. The summed E-state index contributed by atoms with van der Waals surface area (Å²) in [6.45, 7) is 2.98. The molecule has 5 nitrogen and oxygen atoms in total. The van der Waals surface area contributed by atoms with E-state index in [-0.39, 0.29) is 25.3 Å². The van der Waals surface area contributed by atoms with Crippen molar-refractivity contribution in [1.82, 2.24) is 10.6 Å². The highest BCUT2D eigenvalue weighted by molar-refractivity contribution is 5.78. The molecule has 0 radical (unpaired) electrons. The molecule has 4 rings (SSSR count). The van der Waals surface area contributed by atoms with Crippen LogP contribution in [-0.4, -0.2) is 19.2 Å². The van der Waals surface area contributed by atoms with Gasteiger partial charge >= 0.3 is 0 Å². The standard InChI is InChI=1S/C24H24N2O3/c1-17-7-10-20(11-8-17)24(19-5-3-2-4-6-19)26-15-23(27)25-14-18-9-12-21-22(13-18)29-16-28-21/h2-13,24,26H,14-16H2,1H3,(H,25,27)/t24-/m0/s1. The summed E-state index contributed by atoms with van der Waals surface area (Å²) in [7, 11) is 0. The van der Waals surface area contributed by atoms with E-state index in [1.54, 1.807) is 0 Å². The minimum atomic E-state index is -0.0595. The molecule has 0 bridgehead atoms. The van der Waals surface area contributed by atoms with Gasteiger partial charge in [-0.1, -0.05) is 66.2 Å². The summed E-state index contributed by atoms with van der Waals surface area (Å²) in [5, 5.41) is 6.35. The highest BCUT2D eigenvalue weighted by Crippen LogP contribution is 2.32. The fourth-order valence-electron chi connectivity index (χ4n) is 3.34. The van der Waals surface area contributed by atoms with Crippen molar-refractivity contribution in [2.24, 2.45) is 0 Å². The molecule has 0 spiro atoms. The van der Waals surface area contributed by atoms with E-state index in [0.29, 0.717) is 6.54 Å². The molecule has 1 atom stereocenters. The molecule has 0 saturated heterocycles. The summed E-state index contributed by atoms with van der Waals surface area (Å²) < 4.78 is 10.7. The highest BCUT2D eigenvalue weighted by Gasteiger charge is 2.16. The minimum absolute atomic E-state index is 0.0481. The Labute approximate surface area is 170 Å². The molecule has 1 heterocycles. The van der Waals surface area contributed by atoms with Gasteiger partial charge in [-0.3, -0.25) is 10.1 Å². The zero-order valence-corrected chi connectivity index (χ0v) is 16.4. The van der Waals surface area contributed by atoms with Crippen LogP contribution in [0.4, 0.5) is 0 Å². The van der Waals surface area contributed by atoms with Crippen molar-refractivity contribution in [3.05, 3.63) is 95.1 Å². The predicted octanol–water partition coefficient (Wildman–Crippen LogP) is 3.72. The van der Waals surface area contributed by atoms with Crippen LogP contribution in [0, 0.1) is 6.92 Å². The molecule has 1 aliphatic heterocycles. The maximum atomic E-state index is 12.4. The van der Waals surface area contributed by atoms with Gasteiger partial charge in [0.05, 0.1) is 12.6 Å². The number of amides is 1. The third kappa shape index (κ3) is 4.76. The average Bonchev–Trinajstić information content (AvgIpc) is 3.22. The summed E-state index contributed by atoms with van der Waals surface area (Å²) in [6.07, 6.45) is 0. The Morgan fingerprint density at radius 1 is 0.931 bits per heavy atom. The van der Waals surface area contributed by atoms with Gasteiger partial charge in [-0.05, 0) is 35.7 Å². The first kappa shape index (κ1) is 19.0. The monoisotopic (exact) mass is 388 g/mol. The molecule has 3 aromatic rings. The van der Waals surface area contributed by atoms with E-state index in [2.05, 4.69) is 54.0 Å². The molecule has 1 aliphatic rings. The van der Waals surface area contributed by atoms with Crippen molar-refractivity contribution in [2.45, 2.75) is 19.5 Å². The van der Waals surface area contributed by atoms with Gasteiger partial charge in [0, 0.05) is 6.54 Å². The summed E-state index contributed by atoms with van der Waals surface area (Å²) in [6, 6.07) is 24.2. The Hall–Kier alpha value is -3.31. The first-order chi connectivity index (χ1) is 14.2. The summed E-state index contributed by atoms with van der Waals surface area (Å²) >= 11 is 0. The van der Waals surface area contributed by atoms with Gasteiger partial charge in [-0.15, -0.1) is 0 Å². The largest absolute Gasteiger partial charge is 0.454 e. The third-order valence-electron chi connectivity index (χ3n) is 4.94. The Bertz CT molecular complexity index is 971. The zero-order chi connectivity index (χ0) is 20.1. The van der Waals surface area contributed by atoms with Crippen LogP contribution in [0.1, 0.15) is 28.3 Å². The van der Waals surface area contributed by atoms with Gasteiger partial charge in [0.2, 0.25) is 12.7 Å². The fraction of sp³-hybridized carbons (Fsp3) is 0.208. The summed E-state index contributed by atoms with van der Waals surface area (Å²) in [5.74, 6) is 1.40. The lowest BCUT2D eigenvalue weighted by molar-refractivity contribution is -0.120. The molecule has 148 valence electrons. The van der Waals surface area contributed by atoms with Crippen LogP contribution < -0.4 is 20.1 Å².